The average molecular weight is 377 g/mol. The minimum Gasteiger partial charge on any atom is -0.268 e. The van der Waals surface area contributed by atoms with Gasteiger partial charge in [0, 0.05) is 10.6 Å². The van der Waals surface area contributed by atoms with Crippen molar-refractivity contribution >= 4 is 46.2 Å². The lowest BCUT2D eigenvalue weighted by atomic mass is 10.2. The third-order valence-corrected chi connectivity index (χ3v) is 6.08. The van der Waals surface area contributed by atoms with E-state index in [1.807, 2.05) is 66.0 Å². The zero-order valence-electron chi connectivity index (χ0n) is 13.8. The number of thiophene rings is 1. The van der Waals surface area contributed by atoms with E-state index in [-0.39, 0.29) is 11.8 Å². The Bertz CT molecular complexity index is 964. The maximum Gasteiger partial charge on any atom is 0.272 e. The van der Waals surface area contributed by atoms with Gasteiger partial charge in [-0.1, -0.05) is 54.6 Å². The molecule has 0 saturated heterocycles. The van der Waals surface area contributed by atoms with Crippen LogP contribution in [0.5, 0.6) is 0 Å². The number of anilines is 1. The van der Waals surface area contributed by atoms with Crippen molar-refractivity contribution < 1.29 is 9.59 Å². The molecule has 0 radical (unpaired) electrons. The summed E-state index contributed by atoms with van der Waals surface area (Å²) in [5.41, 5.74) is 2.23. The van der Waals surface area contributed by atoms with Gasteiger partial charge in [0.15, 0.2) is 0 Å². The molecule has 0 saturated carbocycles. The van der Waals surface area contributed by atoms with Crippen molar-refractivity contribution in [2.45, 2.75) is 5.75 Å². The van der Waals surface area contributed by atoms with Crippen LogP contribution in [-0.4, -0.2) is 11.8 Å². The van der Waals surface area contributed by atoms with E-state index < -0.39 is 0 Å². The second-order valence-electron chi connectivity index (χ2n) is 5.74. The molecular weight excluding hydrogens is 362 g/mol. The van der Waals surface area contributed by atoms with Crippen LogP contribution in [0.15, 0.2) is 83.1 Å². The predicted molar refractivity (Wildman–Crippen MR) is 108 cm³/mol. The number of thioether (sulfide) groups is 1. The van der Waals surface area contributed by atoms with Crippen LogP contribution in [0.4, 0.5) is 5.69 Å². The summed E-state index contributed by atoms with van der Waals surface area (Å²) < 4.78 is 0. The van der Waals surface area contributed by atoms with Crippen LogP contribution in [0.25, 0.3) is 5.57 Å². The number of para-hydroxylation sites is 1. The Balaban J connectivity index is 1.71. The van der Waals surface area contributed by atoms with E-state index in [1.54, 1.807) is 12.1 Å². The largest absolute Gasteiger partial charge is 0.272 e. The fourth-order valence-electron chi connectivity index (χ4n) is 2.82. The molecule has 1 aromatic heterocycles. The topological polar surface area (TPSA) is 37.4 Å². The molecule has 2 aromatic carbocycles. The Kier molecular flexibility index (Phi) is 4.73. The van der Waals surface area contributed by atoms with Gasteiger partial charge in [0.25, 0.3) is 11.8 Å². The smallest absolute Gasteiger partial charge is 0.268 e. The summed E-state index contributed by atoms with van der Waals surface area (Å²) in [5.74, 6) is 0.150. The van der Waals surface area contributed by atoms with E-state index >= 15 is 0 Å². The number of carbonyl (C=O) groups is 2. The van der Waals surface area contributed by atoms with Gasteiger partial charge in [-0.2, -0.15) is 0 Å². The number of nitrogens with zero attached hydrogens (tertiary/aromatic N) is 1. The van der Waals surface area contributed by atoms with E-state index in [2.05, 4.69) is 0 Å². The number of imide groups is 1. The lowest BCUT2D eigenvalue weighted by Crippen LogP contribution is -2.31. The van der Waals surface area contributed by atoms with Crippen LogP contribution in [0.1, 0.15) is 10.4 Å². The predicted octanol–water partition coefficient (Wildman–Crippen LogP) is 4.97. The molecular formula is C21H15NO2S2. The molecule has 0 bridgehead atoms. The highest BCUT2D eigenvalue weighted by molar-refractivity contribution is 8.03. The van der Waals surface area contributed by atoms with Crippen LogP contribution < -0.4 is 4.90 Å². The Morgan fingerprint density at radius 2 is 1.50 bits per heavy atom. The molecule has 0 fully saturated rings. The molecule has 2 heterocycles. The molecule has 0 aliphatic carbocycles. The number of hydrogen-bond donors (Lipinski definition) is 0. The fourth-order valence-corrected chi connectivity index (χ4v) is 4.72. The highest BCUT2D eigenvalue weighted by Crippen LogP contribution is 2.40. The molecule has 3 aromatic rings. The minimum absolute atomic E-state index is 0.245. The molecule has 0 unspecified atom stereocenters. The molecule has 26 heavy (non-hydrogen) atoms. The van der Waals surface area contributed by atoms with E-state index in [0.29, 0.717) is 21.9 Å². The first-order valence-corrected chi connectivity index (χ1v) is 10.0. The quantitative estimate of drug-likeness (QED) is 0.590. The first-order chi connectivity index (χ1) is 12.8. The van der Waals surface area contributed by atoms with Gasteiger partial charge in [0.2, 0.25) is 0 Å². The molecule has 128 valence electrons. The summed E-state index contributed by atoms with van der Waals surface area (Å²) in [5, 5.41) is 1.92. The molecule has 5 heteroatoms. The van der Waals surface area contributed by atoms with Gasteiger partial charge in [0.1, 0.15) is 0 Å². The van der Waals surface area contributed by atoms with Crippen LogP contribution in [0.3, 0.4) is 0 Å². The number of rotatable bonds is 5. The molecule has 0 spiro atoms. The summed E-state index contributed by atoms with van der Waals surface area (Å²) in [4.78, 5) is 28.8. The molecule has 0 atom stereocenters. The fraction of sp³-hybridized carbons (Fsp3) is 0.0476. The zero-order chi connectivity index (χ0) is 17.9. The Hall–Kier alpha value is -2.63. The van der Waals surface area contributed by atoms with E-state index in [0.717, 1.165) is 10.4 Å². The zero-order valence-corrected chi connectivity index (χ0v) is 15.4. The molecule has 1 aliphatic heterocycles. The van der Waals surface area contributed by atoms with Crippen molar-refractivity contribution in [2.24, 2.45) is 0 Å². The van der Waals surface area contributed by atoms with Gasteiger partial charge in [0.05, 0.1) is 16.2 Å². The van der Waals surface area contributed by atoms with Crippen LogP contribution >= 0.6 is 23.1 Å². The van der Waals surface area contributed by atoms with Crippen LogP contribution in [0, 0.1) is 0 Å². The number of hydrogen-bond acceptors (Lipinski definition) is 4. The van der Waals surface area contributed by atoms with Crippen molar-refractivity contribution in [1.82, 2.24) is 0 Å². The third-order valence-electron chi connectivity index (χ3n) is 4.05. The summed E-state index contributed by atoms with van der Waals surface area (Å²) in [7, 11) is 0. The van der Waals surface area contributed by atoms with Crippen molar-refractivity contribution in [3.05, 3.63) is 93.5 Å². The summed E-state index contributed by atoms with van der Waals surface area (Å²) in [6.45, 7) is 0. The Morgan fingerprint density at radius 3 is 2.15 bits per heavy atom. The number of amides is 2. The van der Waals surface area contributed by atoms with Crippen LogP contribution in [0.2, 0.25) is 0 Å². The lowest BCUT2D eigenvalue weighted by Gasteiger charge is -2.14. The molecule has 2 amide bonds. The van der Waals surface area contributed by atoms with E-state index in [1.165, 1.54) is 28.0 Å². The van der Waals surface area contributed by atoms with Crippen molar-refractivity contribution in [1.29, 1.82) is 0 Å². The van der Waals surface area contributed by atoms with Crippen molar-refractivity contribution in [3.63, 3.8) is 0 Å². The van der Waals surface area contributed by atoms with Gasteiger partial charge >= 0.3 is 0 Å². The highest BCUT2D eigenvalue weighted by Gasteiger charge is 2.40. The summed E-state index contributed by atoms with van der Waals surface area (Å²) in [6, 6.07) is 22.8. The second kappa shape index (κ2) is 7.32. The Morgan fingerprint density at radius 1 is 0.808 bits per heavy atom. The SMILES string of the molecule is O=C1C(SCc2ccccc2)=C(c2cccs2)C(=O)N1c1ccccc1. The summed E-state index contributed by atoms with van der Waals surface area (Å²) in [6.07, 6.45) is 0. The molecule has 4 rings (SSSR count). The van der Waals surface area contributed by atoms with Gasteiger partial charge in [-0.15, -0.1) is 23.1 Å². The first-order valence-electron chi connectivity index (χ1n) is 8.14. The molecule has 0 N–H and O–H groups in total. The first kappa shape index (κ1) is 16.8. The maximum absolute atomic E-state index is 13.1. The second-order valence-corrected chi connectivity index (χ2v) is 7.67. The minimum atomic E-state index is -0.251. The van der Waals surface area contributed by atoms with Gasteiger partial charge in [-0.25, -0.2) is 4.90 Å². The normalized spacial score (nSPS) is 14.4. The maximum atomic E-state index is 13.1. The average Bonchev–Trinajstić information content (AvgIpc) is 3.28. The van der Waals surface area contributed by atoms with Crippen molar-refractivity contribution in [3.8, 4) is 0 Å². The third kappa shape index (κ3) is 3.11. The van der Waals surface area contributed by atoms with Crippen molar-refractivity contribution in [2.75, 3.05) is 4.90 Å². The Labute approximate surface area is 160 Å². The highest BCUT2D eigenvalue weighted by atomic mass is 32.2. The molecule has 3 nitrogen and oxygen atoms in total. The van der Waals surface area contributed by atoms with Gasteiger partial charge in [-0.3, -0.25) is 9.59 Å². The summed E-state index contributed by atoms with van der Waals surface area (Å²) >= 11 is 2.91. The van der Waals surface area contributed by atoms with E-state index in [9.17, 15) is 9.59 Å². The van der Waals surface area contributed by atoms with E-state index in [4.69, 9.17) is 0 Å². The van der Waals surface area contributed by atoms with Gasteiger partial charge in [-0.05, 0) is 29.1 Å². The monoisotopic (exact) mass is 377 g/mol. The standard InChI is InChI=1S/C21H15NO2S2/c23-20-18(17-12-7-13-25-17)19(26-14-15-8-3-1-4-9-15)21(24)22(20)16-10-5-2-6-11-16/h1-13H,14H2. The lowest BCUT2D eigenvalue weighted by molar-refractivity contribution is -0.119. The van der Waals surface area contributed by atoms with Crippen LogP contribution in [-0.2, 0) is 15.3 Å². The number of benzene rings is 2. The molecule has 1 aliphatic rings. The number of carbonyl (C=O) groups excluding carboxylic acids is 2. The van der Waals surface area contributed by atoms with Gasteiger partial charge < -0.3 is 0 Å².